The molecule has 1 rings (SSSR count). The molecule has 0 aliphatic carbocycles. The van der Waals surface area contributed by atoms with E-state index in [-0.39, 0.29) is 11.5 Å². The molecule has 0 unspecified atom stereocenters. The fourth-order valence-electron chi connectivity index (χ4n) is 0.889. The van der Waals surface area contributed by atoms with Gasteiger partial charge in [-0.15, -0.1) is 0 Å². The molecule has 72 valence electrons. The average molecular weight is 266 g/mol. The minimum Gasteiger partial charge on any atom is -0.508 e. The van der Waals surface area contributed by atoms with Crippen molar-refractivity contribution in [3.8, 4) is 5.75 Å². The highest BCUT2D eigenvalue weighted by Gasteiger charge is 2.08. The third-order valence-electron chi connectivity index (χ3n) is 1.39. The molecule has 0 amide bonds. The second-order valence-electron chi connectivity index (χ2n) is 2.58. The SMILES string of the molecule is NS(=O)(=O)Cc1cc(O)ccc1Br. The number of benzene rings is 1. The standard InChI is InChI=1S/C7H8BrNO3S/c8-7-2-1-6(10)3-5(7)4-13(9,11)12/h1-3,10H,4H2,(H2,9,11,12). The van der Waals surface area contributed by atoms with Crippen LogP contribution >= 0.6 is 15.9 Å². The lowest BCUT2D eigenvalue weighted by molar-refractivity contribution is 0.474. The van der Waals surface area contributed by atoms with Crippen molar-refractivity contribution >= 4 is 26.0 Å². The Morgan fingerprint density at radius 3 is 2.62 bits per heavy atom. The monoisotopic (exact) mass is 265 g/mol. The smallest absolute Gasteiger partial charge is 0.213 e. The van der Waals surface area contributed by atoms with E-state index in [0.29, 0.717) is 10.0 Å². The highest BCUT2D eigenvalue weighted by molar-refractivity contribution is 9.10. The van der Waals surface area contributed by atoms with Crippen LogP contribution in [0.2, 0.25) is 0 Å². The molecule has 0 bridgehead atoms. The van der Waals surface area contributed by atoms with E-state index in [4.69, 9.17) is 10.2 Å². The van der Waals surface area contributed by atoms with Gasteiger partial charge in [0.05, 0.1) is 5.75 Å². The minimum absolute atomic E-state index is 0.0156. The predicted octanol–water partition coefficient (Wildman–Crippen LogP) is 0.943. The van der Waals surface area contributed by atoms with Crippen LogP contribution in [0.15, 0.2) is 22.7 Å². The first-order valence-corrected chi connectivity index (χ1v) is 5.87. The molecule has 0 aromatic heterocycles. The Balaban J connectivity index is 3.08. The number of phenolic OH excluding ortho intramolecular Hbond substituents is 1. The molecule has 4 nitrogen and oxygen atoms in total. The first kappa shape index (κ1) is 10.5. The van der Waals surface area contributed by atoms with Crippen LogP contribution in [-0.4, -0.2) is 13.5 Å². The average Bonchev–Trinajstić information content (AvgIpc) is 1.94. The number of hydrogen-bond acceptors (Lipinski definition) is 3. The summed E-state index contributed by atoms with van der Waals surface area (Å²) in [5.74, 6) is -0.274. The van der Waals surface area contributed by atoms with Crippen molar-refractivity contribution < 1.29 is 13.5 Å². The van der Waals surface area contributed by atoms with E-state index in [9.17, 15) is 8.42 Å². The van der Waals surface area contributed by atoms with Crippen LogP contribution < -0.4 is 5.14 Å². The summed E-state index contributed by atoms with van der Waals surface area (Å²) in [6.07, 6.45) is 0. The number of rotatable bonds is 2. The molecule has 3 N–H and O–H groups in total. The van der Waals surface area contributed by atoms with Gasteiger partial charge in [0.25, 0.3) is 0 Å². The molecule has 0 spiro atoms. The third kappa shape index (κ3) is 3.33. The Morgan fingerprint density at radius 2 is 2.08 bits per heavy atom. The second-order valence-corrected chi connectivity index (χ2v) is 5.05. The van der Waals surface area contributed by atoms with Gasteiger partial charge in [0, 0.05) is 4.47 Å². The number of aromatic hydroxyl groups is 1. The van der Waals surface area contributed by atoms with Crippen molar-refractivity contribution in [3.63, 3.8) is 0 Å². The van der Waals surface area contributed by atoms with Crippen molar-refractivity contribution in [1.29, 1.82) is 0 Å². The number of sulfonamides is 1. The van der Waals surface area contributed by atoms with Gasteiger partial charge in [-0.25, -0.2) is 13.6 Å². The Kier molecular flexibility index (Phi) is 2.94. The van der Waals surface area contributed by atoms with E-state index < -0.39 is 10.0 Å². The summed E-state index contributed by atoms with van der Waals surface area (Å²) in [5, 5.41) is 13.9. The van der Waals surface area contributed by atoms with Gasteiger partial charge in [-0.1, -0.05) is 15.9 Å². The summed E-state index contributed by atoms with van der Waals surface area (Å²) in [6, 6.07) is 4.38. The predicted molar refractivity (Wildman–Crippen MR) is 52.6 cm³/mol. The molecule has 0 saturated carbocycles. The number of primary sulfonamides is 1. The summed E-state index contributed by atoms with van der Waals surface area (Å²) in [6.45, 7) is 0. The van der Waals surface area contributed by atoms with E-state index in [2.05, 4.69) is 15.9 Å². The zero-order valence-electron chi connectivity index (χ0n) is 6.57. The van der Waals surface area contributed by atoms with E-state index in [0.717, 1.165) is 0 Å². The molecule has 0 atom stereocenters. The van der Waals surface area contributed by atoms with Crippen LogP contribution in [0.25, 0.3) is 0 Å². The van der Waals surface area contributed by atoms with Crippen LogP contribution in [-0.2, 0) is 15.8 Å². The molecule has 0 saturated heterocycles. The van der Waals surface area contributed by atoms with E-state index >= 15 is 0 Å². The van der Waals surface area contributed by atoms with Gasteiger partial charge in [0.1, 0.15) is 5.75 Å². The molecule has 1 aromatic carbocycles. The van der Waals surface area contributed by atoms with Gasteiger partial charge < -0.3 is 5.11 Å². The van der Waals surface area contributed by atoms with Gasteiger partial charge in [-0.3, -0.25) is 0 Å². The molecule has 0 aliphatic rings. The first-order chi connectivity index (χ1) is 5.88. The number of hydrogen-bond donors (Lipinski definition) is 2. The van der Waals surface area contributed by atoms with Crippen molar-refractivity contribution in [2.75, 3.05) is 0 Å². The van der Waals surface area contributed by atoms with E-state index in [1.165, 1.54) is 12.1 Å². The molecule has 0 heterocycles. The highest BCUT2D eigenvalue weighted by Crippen LogP contribution is 2.22. The fraction of sp³-hybridized carbons (Fsp3) is 0.143. The summed E-state index contributed by atoms with van der Waals surface area (Å²) >= 11 is 3.15. The van der Waals surface area contributed by atoms with Crippen LogP contribution in [0.3, 0.4) is 0 Å². The summed E-state index contributed by atoms with van der Waals surface area (Å²) in [5.41, 5.74) is 0.447. The molecular weight excluding hydrogens is 258 g/mol. The van der Waals surface area contributed by atoms with Crippen molar-refractivity contribution in [2.24, 2.45) is 5.14 Å². The van der Waals surface area contributed by atoms with Gasteiger partial charge in [-0.05, 0) is 23.8 Å². The van der Waals surface area contributed by atoms with Crippen LogP contribution in [0.5, 0.6) is 5.75 Å². The normalized spacial score (nSPS) is 11.5. The zero-order valence-corrected chi connectivity index (χ0v) is 8.97. The van der Waals surface area contributed by atoms with E-state index in [1.807, 2.05) is 0 Å². The van der Waals surface area contributed by atoms with Gasteiger partial charge in [-0.2, -0.15) is 0 Å². The number of nitrogens with two attached hydrogens (primary N) is 1. The topological polar surface area (TPSA) is 80.4 Å². The quantitative estimate of drug-likeness (QED) is 0.836. The molecular formula is C7H8BrNO3S. The summed E-state index contributed by atoms with van der Waals surface area (Å²) in [4.78, 5) is 0. The Bertz CT molecular complexity index is 416. The van der Waals surface area contributed by atoms with Gasteiger partial charge >= 0.3 is 0 Å². The maximum absolute atomic E-state index is 10.7. The Labute approximate surface area is 84.6 Å². The molecule has 0 fully saturated rings. The lowest BCUT2D eigenvalue weighted by Gasteiger charge is -2.02. The largest absolute Gasteiger partial charge is 0.508 e. The van der Waals surface area contributed by atoms with Crippen LogP contribution in [0.1, 0.15) is 5.56 Å². The number of halogens is 1. The Morgan fingerprint density at radius 1 is 1.46 bits per heavy atom. The van der Waals surface area contributed by atoms with Crippen molar-refractivity contribution in [2.45, 2.75) is 5.75 Å². The Hall–Kier alpha value is -0.590. The zero-order chi connectivity index (χ0) is 10.1. The van der Waals surface area contributed by atoms with Crippen LogP contribution in [0, 0.1) is 0 Å². The van der Waals surface area contributed by atoms with Crippen LogP contribution in [0.4, 0.5) is 0 Å². The second kappa shape index (κ2) is 3.65. The lowest BCUT2D eigenvalue weighted by Crippen LogP contribution is -2.14. The van der Waals surface area contributed by atoms with Gasteiger partial charge in [0.2, 0.25) is 10.0 Å². The summed E-state index contributed by atoms with van der Waals surface area (Å²) < 4.78 is 22.1. The molecule has 0 radical (unpaired) electrons. The lowest BCUT2D eigenvalue weighted by atomic mass is 10.2. The maximum Gasteiger partial charge on any atom is 0.213 e. The first-order valence-electron chi connectivity index (χ1n) is 3.36. The van der Waals surface area contributed by atoms with E-state index in [1.54, 1.807) is 6.07 Å². The molecule has 1 aromatic rings. The van der Waals surface area contributed by atoms with Crippen molar-refractivity contribution in [3.05, 3.63) is 28.2 Å². The summed E-state index contributed by atoms with van der Waals surface area (Å²) in [7, 11) is -3.56. The maximum atomic E-state index is 10.7. The molecule has 0 aliphatic heterocycles. The molecule has 13 heavy (non-hydrogen) atoms. The van der Waals surface area contributed by atoms with Gasteiger partial charge in [0.15, 0.2) is 0 Å². The minimum atomic E-state index is -3.56. The number of phenols is 1. The highest BCUT2D eigenvalue weighted by atomic mass is 79.9. The fourth-order valence-corrected chi connectivity index (χ4v) is 2.13. The third-order valence-corrected chi connectivity index (χ3v) is 2.87. The van der Waals surface area contributed by atoms with Crippen molar-refractivity contribution in [1.82, 2.24) is 0 Å². The molecule has 6 heteroatoms.